The lowest BCUT2D eigenvalue weighted by Crippen LogP contribution is -2.25. The molecule has 0 radical (unpaired) electrons. The highest BCUT2D eigenvalue weighted by Gasteiger charge is 2.18. The van der Waals surface area contributed by atoms with E-state index in [0.29, 0.717) is 42.2 Å². The molecule has 0 atom stereocenters. The Morgan fingerprint density at radius 3 is 2.47 bits per heavy atom. The standard InChI is InChI=1S/C26H21FN6O/c1-31-25(34)22-7-2-3-8-23(22)33-24(29-30-26(31)33)17-32(16-20-5-4-6-21(27)13-20)15-19-11-9-18(14-28)10-12-19/h2-13H,15-17H2,1H3. The first-order valence-corrected chi connectivity index (χ1v) is 10.8. The molecule has 5 rings (SSSR count). The van der Waals surface area contributed by atoms with E-state index in [-0.39, 0.29) is 11.4 Å². The van der Waals surface area contributed by atoms with Crippen molar-refractivity contribution in [1.29, 1.82) is 5.26 Å². The van der Waals surface area contributed by atoms with Crippen LogP contribution in [0.5, 0.6) is 0 Å². The molecule has 0 aliphatic carbocycles. The molecule has 0 saturated carbocycles. The summed E-state index contributed by atoms with van der Waals surface area (Å²) in [7, 11) is 1.68. The van der Waals surface area contributed by atoms with E-state index in [2.05, 4.69) is 21.2 Å². The quantitative estimate of drug-likeness (QED) is 0.392. The van der Waals surface area contributed by atoms with Crippen molar-refractivity contribution in [2.45, 2.75) is 19.6 Å². The normalized spacial score (nSPS) is 11.4. The largest absolute Gasteiger partial charge is 0.287 e. The van der Waals surface area contributed by atoms with E-state index in [1.54, 1.807) is 31.3 Å². The van der Waals surface area contributed by atoms with Gasteiger partial charge in [-0.25, -0.2) is 4.39 Å². The van der Waals surface area contributed by atoms with Gasteiger partial charge >= 0.3 is 0 Å². The number of rotatable bonds is 6. The fourth-order valence-corrected chi connectivity index (χ4v) is 4.20. The molecule has 2 aromatic heterocycles. The molecule has 7 nitrogen and oxygen atoms in total. The number of nitrogens with zero attached hydrogens (tertiary/aromatic N) is 6. The summed E-state index contributed by atoms with van der Waals surface area (Å²) in [6, 6.07) is 23.4. The van der Waals surface area contributed by atoms with Crippen LogP contribution in [-0.2, 0) is 26.7 Å². The van der Waals surface area contributed by atoms with Gasteiger partial charge in [0, 0.05) is 20.1 Å². The van der Waals surface area contributed by atoms with Crippen molar-refractivity contribution < 1.29 is 4.39 Å². The summed E-state index contributed by atoms with van der Waals surface area (Å²) in [5.41, 5.74) is 3.05. The predicted octanol–water partition coefficient (Wildman–Crippen LogP) is 3.79. The second-order valence-electron chi connectivity index (χ2n) is 8.22. The van der Waals surface area contributed by atoms with Gasteiger partial charge in [-0.1, -0.05) is 36.4 Å². The fourth-order valence-electron chi connectivity index (χ4n) is 4.20. The van der Waals surface area contributed by atoms with Crippen LogP contribution in [0, 0.1) is 17.1 Å². The fraction of sp³-hybridized carbons (Fsp3) is 0.154. The molecule has 0 fully saturated rings. The molecular weight excluding hydrogens is 431 g/mol. The van der Waals surface area contributed by atoms with Crippen LogP contribution in [0.2, 0.25) is 0 Å². The molecule has 0 amide bonds. The van der Waals surface area contributed by atoms with Crippen molar-refractivity contribution in [1.82, 2.24) is 24.1 Å². The zero-order chi connectivity index (χ0) is 23.7. The summed E-state index contributed by atoms with van der Waals surface area (Å²) in [6.45, 7) is 1.46. The van der Waals surface area contributed by atoms with E-state index in [9.17, 15) is 9.18 Å². The number of nitriles is 1. The van der Waals surface area contributed by atoms with E-state index in [4.69, 9.17) is 5.26 Å². The first-order chi connectivity index (χ1) is 16.5. The molecule has 3 aromatic carbocycles. The van der Waals surface area contributed by atoms with Crippen LogP contribution >= 0.6 is 0 Å². The van der Waals surface area contributed by atoms with Crippen molar-refractivity contribution in [3.63, 3.8) is 0 Å². The van der Waals surface area contributed by atoms with Crippen LogP contribution in [0.25, 0.3) is 16.7 Å². The highest BCUT2D eigenvalue weighted by molar-refractivity contribution is 5.80. The molecule has 2 heterocycles. The Morgan fingerprint density at radius 2 is 1.71 bits per heavy atom. The Kier molecular flexibility index (Phi) is 5.62. The lowest BCUT2D eigenvalue weighted by atomic mass is 10.1. The summed E-state index contributed by atoms with van der Waals surface area (Å²) in [5, 5.41) is 18.4. The number of para-hydroxylation sites is 1. The summed E-state index contributed by atoms with van der Waals surface area (Å²) in [5.74, 6) is 0.847. The number of hydrogen-bond donors (Lipinski definition) is 0. The number of aryl methyl sites for hydroxylation is 1. The van der Waals surface area contributed by atoms with Gasteiger partial charge < -0.3 is 0 Å². The van der Waals surface area contributed by atoms with Crippen LogP contribution in [0.15, 0.2) is 77.6 Å². The predicted molar refractivity (Wildman–Crippen MR) is 126 cm³/mol. The Hall–Kier alpha value is -4.35. The molecule has 0 unspecified atom stereocenters. The van der Waals surface area contributed by atoms with Crippen molar-refractivity contribution in [3.8, 4) is 6.07 Å². The van der Waals surface area contributed by atoms with Gasteiger partial charge in [0.1, 0.15) is 5.82 Å². The lowest BCUT2D eigenvalue weighted by Gasteiger charge is -2.22. The molecule has 0 spiro atoms. The third-order valence-corrected chi connectivity index (χ3v) is 5.84. The zero-order valence-corrected chi connectivity index (χ0v) is 18.5. The van der Waals surface area contributed by atoms with E-state index in [0.717, 1.165) is 16.6 Å². The van der Waals surface area contributed by atoms with Crippen LogP contribution in [0.1, 0.15) is 22.5 Å². The van der Waals surface area contributed by atoms with E-state index >= 15 is 0 Å². The SMILES string of the molecule is Cn1c(=O)c2ccccc2n2c(CN(Cc3ccc(C#N)cc3)Cc3cccc(F)c3)nnc12. The number of fused-ring (bicyclic) bond motifs is 3. The van der Waals surface area contributed by atoms with Crippen molar-refractivity contribution >= 4 is 16.7 Å². The first kappa shape index (κ1) is 21.5. The summed E-state index contributed by atoms with van der Waals surface area (Å²) >= 11 is 0. The summed E-state index contributed by atoms with van der Waals surface area (Å²) < 4.78 is 17.3. The van der Waals surface area contributed by atoms with E-state index in [1.165, 1.54) is 16.7 Å². The number of benzene rings is 3. The Labute approximate surface area is 194 Å². The van der Waals surface area contributed by atoms with Gasteiger partial charge in [0.15, 0.2) is 5.82 Å². The third kappa shape index (κ3) is 4.05. The minimum absolute atomic E-state index is 0.128. The maximum absolute atomic E-state index is 13.9. The highest BCUT2D eigenvalue weighted by Crippen LogP contribution is 2.18. The molecule has 34 heavy (non-hydrogen) atoms. The molecule has 0 saturated heterocycles. The summed E-state index contributed by atoms with van der Waals surface area (Å²) in [6.07, 6.45) is 0. The van der Waals surface area contributed by atoms with Crippen molar-refractivity contribution in [2.75, 3.05) is 0 Å². The first-order valence-electron chi connectivity index (χ1n) is 10.8. The van der Waals surface area contributed by atoms with Crippen LogP contribution in [0.3, 0.4) is 0 Å². The van der Waals surface area contributed by atoms with Gasteiger partial charge in [0.05, 0.1) is 29.1 Å². The van der Waals surface area contributed by atoms with Crippen LogP contribution in [-0.4, -0.2) is 24.1 Å². The van der Waals surface area contributed by atoms with Crippen molar-refractivity contribution in [2.24, 2.45) is 7.05 Å². The smallest absolute Gasteiger partial charge is 0.262 e. The molecule has 5 aromatic rings. The Morgan fingerprint density at radius 1 is 0.941 bits per heavy atom. The Bertz CT molecular complexity index is 1600. The maximum Gasteiger partial charge on any atom is 0.262 e. The zero-order valence-electron chi connectivity index (χ0n) is 18.5. The molecule has 0 N–H and O–H groups in total. The van der Waals surface area contributed by atoms with Gasteiger partial charge in [0.25, 0.3) is 5.56 Å². The molecule has 8 heteroatoms. The molecular formula is C26H21FN6O. The Balaban J connectivity index is 1.56. The monoisotopic (exact) mass is 452 g/mol. The second kappa shape index (κ2) is 8.89. The van der Waals surface area contributed by atoms with Gasteiger partial charge in [-0.05, 0) is 47.5 Å². The van der Waals surface area contributed by atoms with E-state index < -0.39 is 0 Å². The van der Waals surface area contributed by atoms with E-state index in [1.807, 2.05) is 40.8 Å². The second-order valence-corrected chi connectivity index (χ2v) is 8.22. The number of hydrogen-bond acceptors (Lipinski definition) is 5. The van der Waals surface area contributed by atoms with Gasteiger partial charge in [-0.2, -0.15) is 5.26 Å². The third-order valence-electron chi connectivity index (χ3n) is 5.84. The van der Waals surface area contributed by atoms with Crippen LogP contribution < -0.4 is 5.56 Å². The highest BCUT2D eigenvalue weighted by atomic mass is 19.1. The molecule has 168 valence electrons. The molecule has 0 aliphatic rings. The van der Waals surface area contributed by atoms with Gasteiger partial charge in [0.2, 0.25) is 5.78 Å². The lowest BCUT2D eigenvalue weighted by molar-refractivity contribution is 0.240. The van der Waals surface area contributed by atoms with Gasteiger partial charge in [-0.3, -0.25) is 18.7 Å². The molecule has 0 bridgehead atoms. The average Bonchev–Trinajstić information content (AvgIpc) is 3.27. The maximum atomic E-state index is 13.9. The minimum Gasteiger partial charge on any atom is -0.287 e. The van der Waals surface area contributed by atoms with Crippen LogP contribution in [0.4, 0.5) is 4.39 Å². The van der Waals surface area contributed by atoms with Crippen molar-refractivity contribution in [3.05, 3.63) is 111 Å². The number of aromatic nitrogens is 4. The summed E-state index contributed by atoms with van der Waals surface area (Å²) in [4.78, 5) is 14.9. The average molecular weight is 452 g/mol. The topological polar surface area (TPSA) is 79.2 Å². The van der Waals surface area contributed by atoms with Gasteiger partial charge in [-0.15, -0.1) is 10.2 Å². The molecule has 0 aliphatic heterocycles. The number of halogens is 1. The minimum atomic E-state index is -0.287.